The van der Waals surface area contributed by atoms with Crippen LogP contribution in [0, 0.1) is 15.9 Å². The Morgan fingerprint density at radius 3 is 2.67 bits per heavy atom. The topological polar surface area (TPSA) is 98.5 Å². The van der Waals surface area contributed by atoms with Crippen LogP contribution in [0.15, 0.2) is 48.5 Å². The van der Waals surface area contributed by atoms with Crippen molar-refractivity contribution in [2.24, 2.45) is 0 Å². The first-order chi connectivity index (χ1) is 12.8. The first kappa shape index (κ1) is 20.1. The Hall–Kier alpha value is -3.26. The quantitative estimate of drug-likeness (QED) is 0.347. The predicted octanol–water partition coefficient (Wildman–Crippen LogP) is 3.97. The van der Waals surface area contributed by atoms with Crippen molar-refractivity contribution in [3.8, 4) is 0 Å². The Labute approximate surface area is 158 Å². The molecule has 140 valence electrons. The SMILES string of the molecule is C[C@H](OC(=O)/C=C/c1ccccc1[N+](=O)[O-])C(=O)Nc1ccc(F)cc1Cl. The number of nitro groups is 1. The van der Waals surface area contributed by atoms with E-state index in [1.165, 1.54) is 37.3 Å². The van der Waals surface area contributed by atoms with Crippen LogP contribution in [0.5, 0.6) is 0 Å². The summed E-state index contributed by atoms with van der Waals surface area (Å²) >= 11 is 5.81. The number of esters is 1. The summed E-state index contributed by atoms with van der Waals surface area (Å²) in [5, 5.41) is 13.3. The van der Waals surface area contributed by atoms with Crippen molar-refractivity contribution < 1.29 is 23.6 Å². The zero-order valence-electron chi connectivity index (χ0n) is 14.0. The van der Waals surface area contributed by atoms with Gasteiger partial charge >= 0.3 is 5.97 Å². The number of rotatable bonds is 6. The fourth-order valence-corrected chi connectivity index (χ4v) is 2.26. The number of hydrogen-bond acceptors (Lipinski definition) is 5. The predicted molar refractivity (Wildman–Crippen MR) is 97.7 cm³/mol. The van der Waals surface area contributed by atoms with E-state index < -0.39 is 28.7 Å². The number of carbonyl (C=O) groups excluding carboxylic acids is 2. The fourth-order valence-electron chi connectivity index (χ4n) is 2.04. The lowest BCUT2D eigenvalue weighted by Gasteiger charge is -2.13. The Morgan fingerprint density at radius 1 is 1.30 bits per heavy atom. The third-order valence-corrected chi connectivity index (χ3v) is 3.70. The second-order valence-electron chi connectivity index (χ2n) is 5.34. The normalized spacial score (nSPS) is 11.8. The highest BCUT2D eigenvalue weighted by Crippen LogP contribution is 2.23. The third kappa shape index (κ3) is 5.61. The maximum absolute atomic E-state index is 13.0. The second kappa shape index (κ2) is 8.91. The van der Waals surface area contributed by atoms with Crippen LogP contribution in [0.25, 0.3) is 6.08 Å². The first-order valence-electron chi connectivity index (χ1n) is 7.66. The van der Waals surface area contributed by atoms with Gasteiger partial charge < -0.3 is 10.1 Å². The Bertz CT molecular complexity index is 916. The van der Waals surface area contributed by atoms with Gasteiger partial charge in [-0.1, -0.05) is 23.7 Å². The van der Waals surface area contributed by atoms with Crippen LogP contribution in [0.3, 0.4) is 0 Å². The van der Waals surface area contributed by atoms with Crippen molar-refractivity contribution in [3.63, 3.8) is 0 Å². The standard InChI is InChI=1S/C18H14ClFN2O5/c1-11(18(24)21-15-8-7-13(20)10-14(15)19)27-17(23)9-6-12-4-2-3-5-16(12)22(25)26/h2-11H,1H3,(H,21,24)/b9-6+/t11-/m0/s1. The second-order valence-corrected chi connectivity index (χ2v) is 5.75. The van der Waals surface area contributed by atoms with E-state index in [9.17, 15) is 24.1 Å². The minimum Gasteiger partial charge on any atom is -0.449 e. The van der Waals surface area contributed by atoms with Gasteiger partial charge in [0, 0.05) is 12.1 Å². The van der Waals surface area contributed by atoms with Gasteiger partial charge in [0.1, 0.15) is 5.82 Å². The third-order valence-electron chi connectivity index (χ3n) is 3.38. The lowest BCUT2D eigenvalue weighted by Crippen LogP contribution is -2.29. The molecule has 1 atom stereocenters. The highest BCUT2D eigenvalue weighted by Gasteiger charge is 2.18. The summed E-state index contributed by atoms with van der Waals surface area (Å²) in [5.41, 5.74) is 0.217. The molecule has 0 heterocycles. The zero-order chi connectivity index (χ0) is 20.0. The molecule has 0 spiro atoms. The van der Waals surface area contributed by atoms with Gasteiger partial charge in [0.15, 0.2) is 6.10 Å². The summed E-state index contributed by atoms with van der Waals surface area (Å²) < 4.78 is 17.9. The van der Waals surface area contributed by atoms with E-state index in [-0.39, 0.29) is 22.0 Å². The summed E-state index contributed by atoms with van der Waals surface area (Å²) in [6.45, 7) is 1.34. The van der Waals surface area contributed by atoms with Crippen LogP contribution < -0.4 is 5.32 Å². The fraction of sp³-hybridized carbons (Fsp3) is 0.111. The Kier molecular flexibility index (Phi) is 6.62. The number of hydrogen-bond donors (Lipinski definition) is 1. The molecule has 0 unspecified atom stereocenters. The maximum Gasteiger partial charge on any atom is 0.331 e. The van der Waals surface area contributed by atoms with Gasteiger partial charge in [-0.05, 0) is 37.3 Å². The number of anilines is 1. The molecule has 1 amide bonds. The molecule has 0 aliphatic carbocycles. The molecule has 7 nitrogen and oxygen atoms in total. The highest BCUT2D eigenvalue weighted by atomic mass is 35.5. The molecule has 9 heteroatoms. The summed E-state index contributed by atoms with van der Waals surface area (Å²) in [6.07, 6.45) is 1.04. The molecule has 0 aliphatic heterocycles. The van der Waals surface area contributed by atoms with Crippen LogP contribution in [0.1, 0.15) is 12.5 Å². The first-order valence-corrected chi connectivity index (χ1v) is 8.03. The molecule has 0 aliphatic rings. The van der Waals surface area contributed by atoms with Crippen LogP contribution in [-0.4, -0.2) is 22.9 Å². The summed E-state index contributed by atoms with van der Waals surface area (Å²) in [6, 6.07) is 9.28. The number of amides is 1. The van der Waals surface area contributed by atoms with Gasteiger partial charge in [-0.2, -0.15) is 0 Å². The van der Waals surface area contributed by atoms with E-state index in [1.807, 2.05) is 0 Å². The number of nitrogens with zero attached hydrogens (tertiary/aromatic N) is 1. The molecular formula is C18H14ClFN2O5. The van der Waals surface area contributed by atoms with Crippen molar-refractivity contribution in [3.05, 3.63) is 75.1 Å². The van der Waals surface area contributed by atoms with E-state index in [2.05, 4.69) is 5.32 Å². The van der Waals surface area contributed by atoms with Crippen LogP contribution in [-0.2, 0) is 14.3 Å². The van der Waals surface area contributed by atoms with E-state index in [0.29, 0.717) is 0 Å². The van der Waals surface area contributed by atoms with E-state index >= 15 is 0 Å². The maximum atomic E-state index is 13.0. The number of para-hydroxylation sites is 1. The van der Waals surface area contributed by atoms with Gasteiger partial charge in [-0.3, -0.25) is 14.9 Å². The lowest BCUT2D eigenvalue weighted by molar-refractivity contribution is -0.385. The number of carbonyl (C=O) groups is 2. The van der Waals surface area contributed by atoms with Crippen molar-refractivity contribution in [2.45, 2.75) is 13.0 Å². The number of nitro benzene ring substituents is 1. The summed E-state index contributed by atoms with van der Waals surface area (Å²) in [5.74, 6) is -2.09. The van der Waals surface area contributed by atoms with Crippen molar-refractivity contribution in [2.75, 3.05) is 5.32 Å². The van der Waals surface area contributed by atoms with E-state index in [1.54, 1.807) is 6.07 Å². The molecule has 0 aromatic heterocycles. The molecule has 0 radical (unpaired) electrons. The minimum absolute atomic E-state index is 0.00170. The summed E-state index contributed by atoms with van der Waals surface area (Å²) in [7, 11) is 0. The molecule has 2 rings (SSSR count). The number of benzene rings is 2. The Morgan fingerprint density at radius 2 is 2.00 bits per heavy atom. The minimum atomic E-state index is -1.17. The van der Waals surface area contributed by atoms with Gasteiger partial charge in [-0.15, -0.1) is 0 Å². The van der Waals surface area contributed by atoms with Gasteiger partial charge in [0.25, 0.3) is 11.6 Å². The van der Waals surface area contributed by atoms with E-state index in [4.69, 9.17) is 16.3 Å². The van der Waals surface area contributed by atoms with Gasteiger partial charge in [0.2, 0.25) is 0 Å². The zero-order valence-corrected chi connectivity index (χ0v) is 14.8. The average molecular weight is 393 g/mol. The number of nitrogens with one attached hydrogen (secondary N) is 1. The van der Waals surface area contributed by atoms with Gasteiger partial charge in [-0.25, -0.2) is 9.18 Å². The Balaban J connectivity index is 1.98. The highest BCUT2D eigenvalue weighted by molar-refractivity contribution is 6.33. The molecule has 0 saturated heterocycles. The average Bonchev–Trinajstić information content (AvgIpc) is 2.62. The molecule has 0 saturated carbocycles. The molecule has 0 fully saturated rings. The van der Waals surface area contributed by atoms with Crippen LogP contribution >= 0.6 is 11.6 Å². The van der Waals surface area contributed by atoms with Crippen LogP contribution in [0.2, 0.25) is 5.02 Å². The molecular weight excluding hydrogens is 379 g/mol. The lowest BCUT2D eigenvalue weighted by atomic mass is 10.1. The van der Waals surface area contributed by atoms with Crippen molar-refractivity contribution >= 4 is 40.9 Å². The van der Waals surface area contributed by atoms with Gasteiger partial charge in [0.05, 0.1) is 21.2 Å². The molecule has 1 N–H and O–H groups in total. The van der Waals surface area contributed by atoms with Crippen molar-refractivity contribution in [1.82, 2.24) is 0 Å². The number of halogens is 2. The van der Waals surface area contributed by atoms with E-state index in [0.717, 1.165) is 18.2 Å². The summed E-state index contributed by atoms with van der Waals surface area (Å²) in [4.78, 5) is 34.2. The monoisotopic (exact) mass is 392 g/mol. The number of ether oxygens (including phenoxy) is 1. The van der Waals surface area contributed by atoms with Crippen LogP contribution in [0.4, 0.5) is 15.8 Å². The molecule has 27 heavy (non-hydrogen) atoms. The molecule has 0 bridgehead atoms. The largest absolute Gasteiger partial charge is 0.449 e. The smallest absolute Gasteiger partial charge is 0.331 e. The molecule has 2 aromatic rings. The molecule has 2 aromatic carbocycles. The van der Waals surface area contributed by atoms with Crippen molar-refractivity contribution in [1.29, 1.82) is 0 Å².